The van der Waals surface area contributed by atoms with E-state index in [9.17, 15) is 0 Å². The van der Waals surface area contributed by atoms with Crippen molar-refractivity contribution in [2.45, 2.75) is 59.8 Å². The third kappa shape index (κ3) is 6.24. The standard InChI is InChI=1S/C48H37N2O.2C2H6/c1-2-3-5-19-44-42-31-34(25-29-46(42)49(44)35-13-6-4-7-14-35)33-24-28-45-41(30-33)38-15-8-10-20-43(38)50(45)36-26-22-32(23-27-36)37-17-12-18-40-39-16-9-11-21-47(39)51-48(37)40;2*1-2/h2-22,24-26,28-29,31,33H,23,27,30H2,1H3;2*1-2H3/q+1;;/b3-2-,19-5-;;. The Balaban J connectivity index is 0.00000104. The molecule has 0 spiro atoms. The monoisotopic (exact) mass is 717 g/mol. The fourth-order valence-corrected chi connectivity index (χ4v) is 8.45. The first kappa shape index (κ1) is 35.8. The fourth-order valence-electron chi connectivity index (χ4n) is 8.45. The summed E-state index contributed by atoms with van der Waals surface area (Å²) in [5, 5.41) is 6.29. The molecule has 0 amide bonds. The number of hydrogen-bond donors (Lipinski definition) is 0. The molecule has 272 valence electrons. The molecular formula is C52H49N2O+. The number of nitrogens with zero attached hydrogens (tertiary/aromatic N) is 2. The Kier molecular flexibility index (Phi) is 10.2. The molecule has 55 heavy (non-hydrogen) atoms. The molecule has 1 unspecified atom stereocenters. The van der Waals surface area contributed by atoms with E-state index in [0.717, 1.165) is 30.4 Å². The molecule has 2 aliphatic carbocycles. The van der Waals surface area contributed by atoms with Crippen LogP contribution in [0.15, 0.2) is 162 Å². The van der Waals surface area contributed by atoms with Crippen molar-refractivity contribution in [1.29, 1.82) is 0 Å². The van der Waals surface area contributed by atoms with Gasteiger partial charge >= 0.3 is 0 Å². The zero-order chi connectivity index (χ0) is 37.9. The smallest absolute Gasteiger partial charge is 0.225 e. The van der Waals surface area contributed by atoms with E-state index in [1.807, 2.05) is 33.8 Å². The molecule has 0 bridgehead atoms. The lowest BCUT2D eigenvalue weighted by Crippen LogP contribution is -2.49. The highest BCUT2D eigenvalue weighted by molar-refractivity contribution is 6.08. The quantitative estimate of drug-likeness (QED) is 0.124. The minimum absolute atomic E-state index is 0.310. The van der Waals surface area contributed by atoms with Crippen LogP contribution in [0.5, 0.6) is 0 Å². The Labute approximate surface area is 324 Å². The number of furan rings is 1. The van der Waals surface area contributed by atoms with Crippen LogP contribution in [0.25, 0.3) is 55.9 Å². The maximum absolute atomic E-state index is 6.40. The van der Waals surface area contributed by atoms with E-state index < -0.39 is 0 Å². The minimum Gasteiger partial charge on any atom is -0.455 e. The highest BCUT2D eigenvalue weighted by Gasteiger charge is 2.29. The molecule has 0 saturated carbocycles. The number of rotatable bonds is 6. The summed E-state index contributed by atoms with van der Waals surface area (Å²) in [5.74, 6) is 0.310. The van der Waals surface area contributed by atoms with Crippen molar-refractivity contribution in [3.8, 4) is 0 Å². The second kappa shape index (κ2) is 15.7. The molecule has 3 heteroatoms. The highest BCUT2D eigenvalue weighted by atomic mass is 16.3. The lowest BCUT2D eigenvalue weighted by Gasteiger charge is -2.22. The van der Waals surface area contributed by atoms with Gasteiger partial charge in [0.1, 0.15) is 16.4 Å². The van der Waals surface area contributed by atoms with Gasteiger partial charge in [0.2, 0.25) is 16.7 Å². The summed E-state index contributed by atoms with van der Waals surface area (Å²) in [6.07, 6.45) is 20.9. The van der Waals surface area contributed by atoms with Crippen LogP contribution < -0.4 is 15.2 Å². The second-order valence-electron chi connectivity index (χ2n) is 13.7. The van der Waals surface area contributed by atoms with Gasteiger partial charge in [0, 0.05) is 63.3 Å². The predicted octanol–water partition coefficient (Wildman–Crippen LogP) is 12.7. The maximum atomic E-state index is 6.40. The van der Waals surface area contributed by atoms with Gasteiger partial charge in [0.25, 0.3) is 0 Å². The summed E-state index contributed by atoms with van der Waals surface area (Å²) < 4.78 is 11.3. The molecule has 3 nitrogen and oxygen atoms in total. The normalized spacial score (nSPS) is 16.0. The van der Waals surface area contributed by atoms with Crippen molar-refractivity contribution in [2.24, 2.45) is 0 Å². The Morgan fingerprint density at radius 3 is 2.29 bits per heavy atom. The van der Waals surface area contributed by atoms with Crippen LogP contribution in [0.3, 0.4) is 0 Å². The van der Waals surface area contributed by atoms with E-state index in [-0.39, 0.29) is 0 Å². The fraction of sp³-hybridized carbons (Fsp3) is 0.173. The first-order valence-electron chi connectivity index (χ1n) is 20.0. The first-order valence-corrected chi connectivity index (χ1v) is 20.0. The largest absolute Gasteiger partial charge is 0.455 e. The van der Waals surface area contributed by atoms with Gasteiger partial charge in [-0.3, -0.25) is 0 Å². The Morgan fingerprint density at radius 1 is 0.727 bits per heavy atom. The maximum Gasteiger partial charge on any atom is 0.225 e. The van der Waals surface area contributed by atoms with Crippen LogP contribution in [-0.2, 0) is 6.42 Å². The van der Waals surface area contributed by atoms with E-state index in [2.05, 4.69) is 174 Å². The SMILES string of the molecule is C/C=C\C=C/C1=c2cc(C3C=Cc4c(c5ccccc5n4C4=CC=C(c5cccc6c5oc5ccccc56)CC4)C3)ccc2=[N+]1c1ccccc1.CC.CC. The van der Waals surface area contributed by atoms with E-state index in [1.165, 1.54) is 77.3 Å². The highest BCUT2D eigenvalue weighted by Crippen LogP contribution is 2.42. The molecule has 1 atom stereocenters. The molecule has 0 fully saturated rings. The van der Waals surface area contributed by atoms with Gasteiger partial charge in [-0.15, -0.1) is 0 Å². The Hall–Kier alpha value is -6.19. The van der Waals surface area contributed by atoms with Crippen LogP contribution in [0.4, 0.5) is 5.69 Å². The van der Waals surface area contributed by atoms with Gasteiger partial charge in [-0.05, 0) is 73.2 Å². The molecule has 0 saturated heterocycles. The van der Waals surface area contributed by atoms with Crippen LogP contribution in [0, 0.1) is 0 Å². The molecule has 3 aliphatic rings. The molecule has 10 rings (SSSR count). The van der Waals surface area contributed by atoms with Crippen molar-refractivity contribution in [3.63, 3.8) is 0 Å². The summed E-state index contributed by atoms with van der Waals surface area (Å²) >= 11 is 0. The molecule has 5 aromatic carbocycles. The summed E-state index contributed by atoms with van der Waals surface area (Å²) in [6.45, 7) is 10.1. The van der Waals surface area contributed by atoms with Crippen molar-refractivity contribution in [3.05, 3.63) is 191 Å². The van der Waals surface area contributed by atoms with Crippen LogP contribution >= 0.6 is 0 Å². The van der Waals surface area contributed by atoms with Gasteiger partial charge in [-0.25, -0.2) is 0 Å². The summed E-state index contributed by atoms with van der Waals surface area (Å²) in [7, 11) is 0. The second-order valence-corrected chi connectivity index (χ2v) is 13.7. The van der Waals surface area contributed by atoms with Crippen molar-refractivity contribution in [2.75, 3.05) is 0 Å². The third-order valence-corrected chi connectivity index (χ3v) is 10.9. The number of allylic oxidation sites excluding steroid dienone is 8. The lowest BCUT2D eigenvalue weighted by molar-refractivity contribution is 0.667. The molecule has 0 radical (unpaired) electrons. The van der Waals surface area contributed by atoms with Gasteiger partial charge in [-0.1, -0.05) is 137 Å². The Bertz CT molecular complexity index is 2830. The van der Waals surface area contributed by atoms with Gasteiger partial charge < -0.3 is 8.98 Å². The number of aromatic nitrogens is 1. The van der Waals surface area contributed by atoms with Crippen molar-refractivity contribution in [1.82, 2.24) is 9.14 Å². The topological polar surface area (TPSA) is 21.1 Å². The lowest BCUT2D eigenvalue weighted by atomic mass is 9.86. The average Bonchev–Trinajstić information content (AvgIpc) is 3.80. The zero-order valence-corrected chi connectivity index (χ0v) is 32.6. The summed E-state index contributed by atoms with van der Waals surface area (Å²) in [6, 6.07) is 41.5. The van der Waals surface area contributed by atoms with Crippen LogP contribution in [0.2, 0.25) is 0 Å². The molecule has 0 N–H and O–H groups in total. The number of fused-ring (bicyclic) bond motifs is 7. The zero-order valence-electron chi connectivity index (χ0n) is 32.6. The van der Waals surface area contributed by atoms with Crippen molar-refractivity contribution < 1.29 is 4.42 Å². The molecule has 2 aromatic heterocycles. The number of benzene rings is 5. The van der Waals surface area contributed by atoms with E-state index in [0.29, 0.717) is 5.92 Å². The average molecular weight is 718 g/mol. The molecule has 1 aliphatic heterocycles. The van der Waals surface area contributed by atoms with Gasteiger partial charge in [0.05, 0.1) is 5.52 Å². The third-order valence-electron chi connectivity index (χ3n) is 10.9. The van der Waals surface area contributed by atoms with E-state index in [1.54, 1.807) is 0 Å². The first-order chi connectivity index (χ1) is 27.3. The van der Waals surface area contributed by atoms with E-state index in [4.69, 9.17) is 4.42 Å². The van der Waals surface area contributed by atoms with Crippen LogP contribution in [0.1, 0.15) is 75.8 Å². The number of para-hydroxylation sites is 4. The molecule has 3 heterocycles. The summed E-state index contributed by atoms with van der Waals surface area (Å²) in [5.41, 5.74) is 13.6. The van der Waals surface area contributed by atoms with E-state index >= 15 is 0 Å². The number of hydrogen-bond acceptors (Lipinski definition) is 1. The summed E-state index contributed by atoms with van der Waals surface area (Å²) in [4.78, 5) is 0. The molecular weight excluding hydrogens is 669 g/mol. The van der Waals surface area contributed by atoms with Crippen molar-refractivity contribution >= 4 is 61.6 Å². The van der Waals surface area contributed by atoms with Crippen LogP contribution in [-0.4, -0.2) is 4.57 Å². The Morgan fingerprint density at radius 2 is 1.49 bits per heavy atom. The minimum atomic E-state index is 0.310. The predicted molar refractivity (Wildman–Crippen MR) is 236 cm³/mol. The molecule has 7 aromatic rings. The van der Waals surface area contributed by atoms with Gasteiger partial charge in [-0.2, -0.15) is 4.58 Å². The van der Waals surface area contributed by atoms with Gasteiger partial charge in [0.15, 0.2) is 0 Å².